The molecule has 0 aliphatic heterocycles. The molecular formula is C15H11Br2ClF2O. The maximum absolute atomic E-state index is 14.0. The molecular weight excluding hydrogens is 429 g/mol. The van der Waals surface area contributed by atoms with Gasteiger partial charge in [-0.25, -0.2) is 8.78 Å². The molecule has 1 nitrogen and oxygen atoms in total. The van der Waals surface area contributed by atoms with Crippen molar-refractivity contribution in [3.05, 3.63) is 62.6 Å². The Morgan fingerprint density at radius 3 is 2.48 bits per heavy atom. The molecule has 0 fully saturated rings. The third-order valence-corrected chi connectivity index (χ3v) is 4.83. The van der Waals surface area contributed by atoms with Crippen LogP contribution in [0.1, 0.15) is 22.9 Å². The number of hydrogen-bond acceptors (Lipinski definition) is 1. The van der Waals surface area contributed by atoms with E-state index in [0.29, 0.717) is 12.4 Å². The molecule has 2 aromatic rings. The second kappa shape index (κ2) is 7.07. The van der Waals surface area contributed by atoms with Crippen molar-refractivity contribution in [2.45, 2.75) is 11.8 Å². The fraction of sp³-hybridized carbons (Fsp3) is 0.200. The van der Waals surface area contributed by atoms with Gasteiger partial charge >= 0.3 is 0 Å². The summed E-state index contributed by atoms with van der Waals surface area (Å²) >= 11 is 12.4. The molecule has 21 heavy (non-hydrogen) atoms. The van der Waals surface area contributed by atoms with Crippen molar-refractivity contribution in [1.29, 1.82) is 0 Å². The number of hydrogen-bond donors (Lipinski definition) is 0. The smallest absolute Gasteiger partial charge is 0.142 e. The number of rotatable bonds is 4. The van der Waals surface area contributed by atoms with E-state index in [4.69, 9.17) is 16.3 Å². The lowest BCUT2D eigenvalue weighted by molar-refractivity contribution is 0.340. The zero-order valence-corrected chi connectivity index (χ0v) is 14.9. The summed E-state index contributed by atoms with van der Waals surface area (Å²) in [4.78, 5) is -0.505. The molecule has 6 heteroatoms. The van der Waals surface area contributed by atoms with E-state index in [2.05, 4.69) is 31.9 Å². The number of alkyl halides is 1. The zero-order valence-electron chi connectivity index (χ0n) is 11.0. The highest BCUT2D eigenvalue weighted by Gasteiger charge is 2.20. The Labute approximate surface area is 143 Å². The molecule has 2 rings (SSSR count). The molecule has 1 atom stereocenters. The van der Waals surface area contributed by atoms with Gasteiger partial charge in [0.25, 0.3) is 0 Å². The monoisotopic (exact) mass is 438 g/mol. The first kappa shape index (κ1) is 16.7. The van der Waals surface area contributed by atoms with Crippen LogP contribution in [0.4, 0.5) is 8.78 Å². The summed E-state index contributed by atoms with van der Waals surface area (Å²) in [5.41, 5.74) is 0.945. The molecule has 0 saturated heterocycles. The Morgan fingerprint density at radius 1 is 1.14 bits per heavy atom. The first-order chi connectivity index (χ1) is 9.93. The van der Waals surface area contributed by atoms with Crippen molar-refractivity contribution in [2.24, 2.45) is 0 Å². The minimum absolute atomic E-state index is 0.182. The molecule has 0 aliphatic rings. The maximum Gasteiger partial charge on any atom is 0.142 e. The Morgan fingerprint density at radius 2 is 1.86 bits per heavy atom. The predicted octanol–water partition coefficient (Wildman–Crippen LogP) is 6.26. The van der Waals surface area contributed by atoms with Gasteiger partial charge in [0.05, 0.1) is 16.5 Å². The fourth-order valence-corrected chi connectivity index (χ4v) is 3.66. The molecule has 0 radical (unpaired) electrons. The largest absolute Gasteiger partial charge is 0.494 e. The quantitative estimate of drug-likeness (QED) is 0.403. The summed E-state index contributed by atoms with van der Waals surface area (Å²) in [5, 5.41) is -0.235. The van der Waals surface area contributed by atoms with Crippen LogP contribution in [-0.2, 0) is 0 Å². The van der Waals surface area contributed by atoms with Crippen LogP contribution >= 0.6 is 43.5 Å². The minimum Gasteiger partial charge on any atom is -0.494 e. The van der Waals surface area contributed by atoms with Gasteiger partial charge in [-0.1, -0.05) is 49.5 Å². The van der Waals surface area contributed by atoms with Gasteiger partial charge in [0.2, 0.25) is 0 Å². The van der Waals surface area contributed by atoms with Crippen molar-refractivity contribution in [3.8, 4) is 5.75 Å². The summed E-state index contributed by atoms with van der Waals surface area (Å²) < 4.78 is 33.7. The van der Waals surface area contributed by atoms with Gasteiger partial charge in [0.1, 0.15) is 17.4 Å². The number of halogens is 5. The van der Waals surface area contributed by atoms with Gasteiger partial charge < -0.3 is 4.74 Å². The lowest BCUT2D eigenvalue weighted by atomic mass is 10.0. The molecule has 1 unspecified atom stereocenters. The van der Waals surface area contributed by atoms with Gasteiger partial charge in [0, 0.05) is 10.0 Å². The highest BCUT2D eigenvalue weighted by atomic mass is 79.9. The fourth-order valence-electron chi connectivity index (χ4n) is 1.87. The lowest BCUT2D eigenvalue weighted by Gasteiger charge is -2.15. The van der Waals surface area contributed by atoms with E-state index in [1.165, 1.54) is 0 Å². The standard InChI is InChI=1S/C15H11Br2ClF2O/c1-2-21-8-3-4-9(11(16)5-8)15(17)10-6-14(20)12(18)7-13(10)19/h3-7,15H,2H2,1H3. The number of benzene rings is 2. The van der Waals surface area contributed by atoms with Crippen LogP contribution in [-0.4, -0.2) is 6.61 Å². The molecule has 0 heterocycles. The molecule has 112 valence electrons. The van der Waals surface area contributed by atoms with Crippen LogP contribution < -0.4 is 4.74 Å². The molecule has 2 aromatic carbocycles. The van der Waals surface area contributed by atoms with E-state index in [1.54, 1.807) is 18.2 Å². The van der Waals surface area contributed by atoms with E-state index in [1.807, 2.05) is 6.92 Å². The third kappa shape index (κ3) is 3.76. The first-order valence-corrected chi connectivity index (χ1v) is 8.23. The van der Waals surface area contributed by atoms with Gasteiger partial charge in [-0.15, -0.1) is 0 Å². The SMILES string of the molecule is CCOc1ccc(C(Br)c2cc(F)c(Cl)cc2F)c(Br)c1. The second-order valence-corrected chi connectivity index (χ2v) is 6.44. The first-order valence-electron chi connectivity index (χ1n) is 6.14. The van der Waals surface area contributed by atoms with Crippen molar-refractivity contribution in [2.75, 3.05) is 6.61 Å². The number of ether oxygens (including phenoxy) is 1. The average Bonchev–Trinajstić information content (AvgIpc) is 2.43. The van der Waals surface area contributed by atoms with Crippen LogP contribution in [0.25, 0.3) is 0 Å². The maximum atomic E-state index is 14.0. The van der Waals surface area contributed by atoms with Crippen LogP contribution in [0.5, 0.6) is 5.75 Å². The van der Waals surface area contributed by atoms with Crippen molar-refractivity contribution >= 4 is 43.5 Å². The van der Waals surface area contributed by atoms with E-state index in [-0.39, 0.29) is 10.6 Å². The summed E-state index contributed by atoms with van der Waals surface area (Å²) in [6.45, 7) is 2.45. The minimum atomic E-state index is -0.653. The van der Waals surface area contributed by atoms with Crippen molar-refractivity contribution in [1.82, 2.24) is 0 Å². The Bertz CT molecular complexity index is 664. The van der Waals surface area contributed by atoms with Gasteiger partial charge in [-0.3, -0.25) is 0 Å². The Hall–Kier alpha value is -0.650. The Balaban J connectivity index is 2.40. The van der Waals surface area contributed by atoms with E-state index >= 15 is 0 Å². The van der Waals surface area contributed by atoms with Gasteiger partial charge in [-0.05, 0) is 36.8 Å². The van der Waals surface area contributed by atoms with E-state index in [0.717, 1.165) is 22.2 Å². The summed E-state index contributed by atoms with van der Waals surface area (Å²) in [7, 11) is 0. The molecule has 0 amide bonds. The molecule has 0 bridgehead atoms. The van der Waals surface area contributed by atoms with Crippen molar-refractivity contribution < 1.29 is 13.5 Å². The lowest BCUT2D eigenvalue weighted by Crippen LogP contribution is -2.00. The van der Waals surface area contributed by atoms with Crippen LogP contribution in [0.3, 0.4) is 0 Å². The molecule has 0 saturated carbocycles. The third-order valence-electron chi connectivity index (χ3n) is 2.87. The highest BCUT2D eigenvalue weighted by molar-refractivity contribution is 9.11. The second-order valence-electron chi connectivity index (χ2n) is 4.27. The molecule has 0 aliphatic carbocycles. The molecule has 0 spiro atoms. The average molecular weight is 441 g/mol. The van der Waals surface area contributed by atoms with E-state index in [9.17, 15) is 8.78 Å². The van der Waals surface area contributed by atoms with E-state index < -0.39 is 16.5 Å². The van der Waals surface area contributed by atoms with Crippen molar-refractivity contribution in [3.63, 3.8) is 0 Å². The summed E-state index contributed by atoms with van der Waals surface area (Å²) in [6.07, 6.45) is 0. The predicted molar refractivity (Wildman–Crippen MR) is 87.4 cm³/mol. The van der Waals surface area contributed by atoms with Gasteiger partial charge in [0.15, 0.2) is 0 Å². The molecule has 0 N–H and O–H groups in total. The normalized spacial score (nSPS) is 12.3. The van der Waals surface area contributed by atoms with Crippen LogP contribution in [0.15, 0.2) is 34.8 Å². The zero-order chi connectivity index (χ0) is 15.6. The topological polar surface area (TPSA) is 9.23 Å². The van der Waals surface area contributed by atoms with Crippen LogP contribution in [0, 0.1) is 11.6 Å². The molecule has 0 aromatic heterocycles. The summed E-state index contributed by atoms with van der Waals surface area (Å²) in [6, 6.07) is 7.43. The van der Waals surface area contributed by atoms with Gasteiger partial charge in [-0.2, -0.15) is 0 Å². The summed E-state index contributed by atoms with van der Waals surface area (Å²) in [5.74, 6) is -0.515. The van der Waals surface area contributed by atoms with Crippen LogP contribution in [0.2, 0.25) is 5.02 Å². The Kier molecular flexibility index (Phi) is 5.63. The highest BCUT2D eigenvalue weighted by Crippen LogP contribution is 2.39.